The summed E-state index contributed by atoms with van der Waals surface area (Å²) < 4.78 is 28.0. The Hall–Kier alpha value is -1.37. The van der Waals surface area contributed by atoms with Gasteiger partial charge in [-0.15, -0.1) is 0 Å². The van der Waals surface area contributed by atoms with E-state index in [-0.39, 0.29) is 5.75 Å². The predicted octanol–water partition coefficient (Wildman–Crippen LogP) is 3.16. The molecule has 0 saturated heterocycles. The van der Waals surface area contributed by atoms with Crippen LogP contribution in [0, 0.1) is 6.92 Å². The lowest BCUT2D eigenvalue weighted by molar-refractivity contribution is 0.600. The zero-order valence-corrected chi connectivity index (χ0v) is 14.0. The highest BCUT2D eigenvalue weighted by molar-refractivity contribution is 9.10. The van der Waals surface area contributed by atoms with E-state index in [0.717, 1.165) is 21.2 Å². The molecule has 0 atom stereocenters. The molecule has 0 heterocycles. The van der Waals surface area contributed by atoms with Crippen molar-refractivity contribution >= 4 is 31.6 Å². The van der Waals surface area contributed by atoms with E-state index in [9.17, 15) is 8.42 Å². The van der Waals surface area contributed by atoms with Gasteiger partial charge in [0.25, 0.3) is 0 Å². The Labute approximate surface area is 133 Å². The zero-order valence-electron chi connectivity index (χ0n) is 11.6. The zero-order chi connectivity index (χ0) is 15.5. The Morgan fingerprint density at radius 2 is 1.86 bits per heavy atom. The quantitative estimate of drug-likeness (QED) is 0.851. The molecular weight excluding hydrogens is 352 g/mol. The van der Waals surface area contributed by atoms with Crippen LogP contribution in [0.3, 0.4) is 0 Å². The van der Waals surface area contributed by atoms with Crippen LogP contribution in [0.4, 0.5) is 5.69 Å². The number of nitrogens with one attached hydrogen (secondary N) is 1. The summed E-state index contributed by atoms with van der Waals surface area (Å²) in [5.41, 5.74) is 8.74. The maximum Gasteiger partial charge on any atom is 0.236 e. The monoisotopic (exact) mass is 368 g/mol. The summed E-state index contributed by atoms with van der Waals surface area (Å²) in [4.78, 5) is 0. The number of benzene rings is 2. The van der Waals surface area contributed by atoms with E-state index in [1.54, 1.807) is 18.2 Å². The fourth-order valence-electron chi connectivity index (χ4n) is 1.99. The maximum absolute atomic E-state index is 12.2. The number of hydrogen-bond acceptors (Lipinski definition) is 3. The largest absolute Gasteiger partial charge is 0.326 e. The fraction of sp³-hybridized carbons (Fsp3) is 0.200. The molecule has 2 rings (SSSR count). The molecule has 0 spiro atoms. The molecule has 0 amide bonds. The Kier molecular flexibility index (Phi) is 5.03. The fourth-order valence-corrected chi connectivity index (χ4v) is 3.41. The minimum Gasteiger partial charge on any atom is -0.326 e. The van der Waals surface area contributed by atoms with Crippen LogP contribution in [-0.4, -0.2) is 8.42 Å². The summed E-state index contributed by atoms with van der Waals surface area (Å²) >= 11 is 3.39. The number of rotatable bonds is 5. The molecule has 0 fully saturated rings. The topological polar surface area (TPSA) is 72.2 Å². The molecule has 2 aromatic carbocycles. The third-order valence-corrected chi connectivity index (χ3v) is 5.16. The molecule has 0 aromatic heterocycles. The third-order valence-electron chi connectivity index (χ3n) is 3.02. The van der Waals surface area contributed by atoms with E-state index < -0.39 is 10.0 Å². The number of aryl methyl sites for hydroxylation is 1. The molecule has 0 unspecified atom stereocenters. The van der Waals surface area contributed by atoms with Gasteiger partial charge >= 0.3 is 0 Å². The van der Waals surface area contributed by atoms with Crippen molar-refractivity contribution in [1.82, 2.24) is 0 Å². The first-order chi connectivity index (χ1) is 9.89. The van der Waals surface area contributed by atoms with E-state index in [4.69, 9.17) is 5.73 Å². The molecule has 21 heavy (non-hydrogen) atoms. The second kappa shape index (κ2) is 6.60. The first kappa shape index (κ1) is 16.0. The number of halogens is 1. The maximum atomic E-state index is 12.2. The van der Waals surface area contributed by atoms with Crippen LogP contribution in [-0.2, 0) is 22.3 Å². The van der Waals surface area contributed by atoms with E-state index in [2.05, 4.69) is 20.7 Å². The van der Waals surface area contributed by atoms with Crippen molar-refractivity contribution in [2.24, 2.45) is 5.73 Å². The van der Waals surface area contributed by atoms with Crippen LogP contribution in [0.15, 0.2) is 46.9 Å². The van der Waals surface area contributed by atoms with Crippen LogP contribution in [0.5, 0.6) is 0 Å². The summed E-state index contributed by atoms with van der Waals surface area (Å²) in [6, 6.07) is 12.6. The molecule has 4 nitrogen and oxygen atoms in total. The first-order valence-corrected chi connectivity index (χ1v) is 8.89. The van der Waals surface area contributed by atoms with Gasteiger partial charge < -0.3 is 5.73 Å². The number of sulfonamides is 1. The minimum atomic E-state index is -3.45. The standard InChI is InChI=1S/C15H17BrN2O2S/c1-11-7-14(5-6-15(11)16)18-21(19,20)10-13-4-2-3-12(8-13)9-17/h2-8,18H,9-10,17H2,1H3. The SMILES string of the molecule is Cc1cc(NS(=O)(=O)Cc2cccc(CN)c2)ccc1Br. The van der Waals surface area contributed by atoms with Crippen molar-refractivity contribution in [3.05, 3.63) is 63.6 Å². The van der Waals surface area contributed by atoms with Crippen molar-refractivity contribution in [3.63, 3.8) is 0 Å². The van der Waals surface area contributed by atoms with Crippen LogP contribution in [0.1, 0.15) is 16.7 Å². The molecular formula is C15H17BrN2O2S. The second-order valence-electron chi connectivity index (χ2n) is 4.85. The Morgan fingerprint density at radius 1 is 1.14 bits per heavy atom. The van der Waals surface area contributed by atoms with Gasteiger partial charge in [-0.1, -0.05) is 40.2 Å². The molecule has 0 bridgehead atoms. The van der Waals surface area contributed by atoms with Gasteiger partial charge in [0.2, 0.25) is 10.0 Å². The van der Waals surface area contributed by atoms with Crippen molar-refractivity contribution in [2.75, 3.05) is 4.72 Å². The normalized spacial score (nSPS) is 11.4. The summed E-state index contributed by atoms with van der Waals surface area (Å²) in [6.07, 6.45) is 0. The van der Waals surface area contributed by atoms with Crippen LogP contribution < -0.4 is 10.5 Å². The summed E-state index contributed by atoms with van der Waals surface area (Å²) in [5.74, 6) is -0.0735. The molecule has 0 aliphatic rings. The highest BCUT2D eigenvalue weighted by Crippen LogP contribution is 2.21. The van der Waals surface area contributed by atoms with Gasteiger partial charge in [0.1, 0.15) is 0 Å². The van der Waals surface area contributed by atoms with Crippen molar-refractivity contribution in [2.45, 2.75) is 19.2 Å². The molecule has 112 valence electrons. The highest BCUT2D eigenvalue weighted by Gasteiger charge is 2.12. The average Bonchev–Trinajstić information content (AvgIpc) is 2.42. The van der Waals surface area contributed by atoms with Gasteiger partial charge in [-0.2, -0.15) is 0 Å². The van der Waals surface area contributed by atoms with E-state index in [1.807, 2.05) is 31.2 Å². The summed E-state index contributed by atoms with van der Waals surface area (Å²) in [5, 5.41) is 0. The smallest absolute Gasteiger partial charge is 0.236 e. The minimum absolute atomic E-state index is 0.0735. The number of anilines is 1. The summed E-state index contributed by atoms with van der Waals surface area (Å²) in [7, 11) is -3.45. The van der Waals surface area contributed by atoms with Gasteiger partial charge in [0.15, 0.2) is 0 Å². The van der Waals surface area contributed by atoms with E-state index in [1.165, 1.54) is 0 Å². The van der Waals surface area contributed by atoms with Crippen LogP contribution in [0.2, 0.25) is 0 Å². The third kappa shape index (κ3) is 4.56. The van der Waals surface area contributed by atoms with Crippen molar-refractivity contribution in [1.29, 1.82) is 0 Å². The van der Waals surface area contributed by atoms with Gasteiger partial charge in [-0.25, -0.2) is 8.42 Å². The van der Waals surface area contributed by atoms with Gasteiger partial charge in [0, 0.05) is 16.7 Å². The molecule has 0 radical (unpaired) electrons. The van der Waals surface area contributed by atoms with Crippen molar-refractivity contribution < 1.29 is 8.42 Å². The lowest BCUT2D eigenvalue weighted by Crippen LogP contribution is -2.15. The first-order valence-electron chi connectivity index (χ1n) is 6.44. The Balaban J connectivity index is 2.16. The molecule has 0 aliphatic heterocycles. The summed E-state index contributed by atoms with van der Waals surface area (Å²) in [6.45, 7) is 2.31. The lowest BCUT2D eigenvalue weighted by atomic mass is 10.1. The van der Waals surface area contributed by atoms with Gasteiger partial charge in [-0.05, 0) is 41.8 Å². The Morgan fingerprint density at radius 3 is 2.52 bits per heavy atom. The molecule has 0 saturated carbocycles. The van der Waals surface area contributed by atoms with Crippen LogP contribution >= 0.6 is 15.9 Å². The molecule has 3 N–H and O–H groups in total. The predicted molar refractivity (Wildman–Crippen MR) is 89.5 cm³/mol. The lowest BCUT2D eigenvalue weighted by Gasteiger charge is -2.10. The molecule has 0 aliphatic carbocycles. The van der Waals surface area contributed by atoms with Gasteiger partial charge in [0.05, 0.1) is 5.75 Å². The molecule has 6 heteroatoms. The van der Waals surface area contributed by atoms with Gasteiger partial charge in [-0.3, -0.25) is 4.72 Å². The highest BCUT2D eigenvalue weighted by atomic mass is 79.9. The van der Waals surface area contributed by atoms with Crippen molar-refractivity contribution in [3.8, 4) is 0 Å². The average molecular weight is 369 g/mol. The van der Waals surface area contributed by atoms with E-state index in [0.29, 0.717) is 12.2 Å². The molecule has 2 aromatic rings. The van der Waals surface area contributed by atoms with Crippen LogP contribution in [0.25, 0.3) is 0 Å². The number of nitrogens with two attached hydrogens (primary N) is 1. The van der Waals surface area contributed by atoms with E-state index >= 15 is 0 Å². The second-order valence-corrected chi connectivity index (χ2v) is 7.43. The number of hydrogen-bond donors (Lipinski definition) is 2. The Bertz CT molecular complexity index is 745.